The summed E-state index contributed by atoms with van der Waals surface area (Å²) in [7, 11) is 0. The van der Waals surface area contributed by atoms with Gasteiger partial charge in [-0.15, -0.1) is 0 Å². The molecule has 0 radical (unpaired) electrons. The first-order valence-corrected chi connectivity index (χ1v) is 22.3. The summed E-state index contributed by atoms with van der Waals surface area (Å²) < 4.78 is 0. The molecule has 3 aliphatic carbocycles. The van der Waals surface area contributed by atoms with Crippen molar-refractivity contribution in [3.63, 3.8) is 0 Å². The molecule has 0 saturated heterocycles. The van der Waals surface area contributed by atoms with Crippen LogP contribution in [0.1, 0.15) is 44.5 Å². The molecule has 0 atom stereocenters. The van der Waals surface area contributed by atoms with E-state index in [2.05, 4.69) is 265 Å². The van der Waals surface area contributed by atoms with Crippen LogP contribution in [0.4, 0.5) is 34.1 Å². The van der Waals surface area contributed by atoms with Crippen LogP contribution in [0, 0.1) is 0 Å². The highest BCUT2D eigenvalue weighted by Gasteiger charge is 2.59. The lowest BCUT2D eigenvalue weighted by molar-refractivity contribution is 0.633. The fraction of sp³-hybridized carbons (Fsp3) is 0.0323. The maximum absolute atomic E-state index is 2.50. The Morgan fingerprint density at radius 1 is 0.188 bits per heavy atom. The normalized spacial score (nSPS) is 13.9. The molecule has 2 heteroatoms. The van der Waals surface area contributed by atoms with E-state index in [-0.39, 0.29) is 0 Å². The SMILES string of the molecule is c1ccc(N(c2ccccc2)c2ccc3c(c2)C2(c4cc(N(c5ccccc5)c5ccccc5)ccc4-3)c3ccccc3C3(c4ccccc4-c4ccccc43)c3ccccc32)cc1. The molecule has 0 aliphatic heterocycles. The molecule has 0 bridgehead atoms. The molecular weight excluding hydrogens is 773 g/mol. The predicted molar refractivity (Wildman–Crippen MR) is 264 cm³/mol. The molecule has 0 aromatic heterocycles. The van der Waals surface area contributed by atoms with Crippen LogP contribution in [0.2, 0.25) is 0 Å². The molecule has 2 nitrogen and oxygen atoms in total. The van der Waals surface area contributed by atoms with Gasteiger partial charge in [0.1, 0.15) is 0 Å². The quantitative estimate of drug-likeness (QED) is 0.165. The molecule has 0 fully saturated rings. The van der Waals surface area contributed by atoms with Gasteiger partial charge in [0.05, 0.1) is 10.8 Å². The fourth-order valence-corrected chi connectivity index (χ4v) is 11.7. The third-order valence-corrected chi connectivity index (χ3v) is 14.1. The van der Waals surface area contributed by atoms with Crippen molar-refractivity contribution in [2.45, 2.75) is 10.8 Å². The summed E-state index contributed by atoms with van der Waals surface area (Å²) in [6.45, 7) is 0. The molecule has 2 spiro atoms. The molecular formula is C62H42N2. The van der Waals surface area contributed by atoms with Crippen molar-refractivity contribution >= 4 is 34.1 Å². The van der Waals surface area contributed by atoms with Gasteiger partial charge in [-0.1, -0.05) is 182 Å². The van der Waals surface area contributed by atoms with Crippen LogP contribution in [0.5, 0.6) is 0 Å². The van der Waals surface area contributed by atoms with E-state index in [1.54, 1.807) is 0 Å². The first kappa shape index (κ1) is 36.5. The lowest BCUT2D eigenvalue weighted by Gasteiger charge is -2.49. The summed E-state index contributed by atoms with van der Waals surface area (Å²) >= 11 is 0. The Morgan fingerprint density at radius 2 is 0.438 bits per heavy atom. The van der Waals surface area contributed by atoms with Gasteiger partial charge in [-0.3, -0.25) is 0 Å². The van der Waals surface area contributed by atoms with Crippen LogP contribution in [0.15, 0.2) is 255 Å². The first-order chi connectivity index (χ1) is 31.8. The summed E-state index contributed by atoms with van der Waals surface area (Å²) in [5.74, 6) is 0. The maximum Gasteiger partial charge on any atom is 0.0721 e. The van der Waals surface area contributed by atoms with E-state index in [4.69, 9.17) is 0 Å². The number of hydrogen-bond donors (Lipinski definition) is 0. The molecule has 0 unspecified atom stereocenters. The average molecular weight is 815 g/mol. The second kappa shape index (κ2) is 14.2. The summed E-state index contributed by atoms with van der Waals surface area (Å²) in [6, 6.07) is 94.6. The standard InChI is InChI=1S/C62H42N2/c1-5-21-43(22-6-1)63(44-23-7-2-8-24-44)47-37-39-51-52-40-38-48(64(45-25-9-3-10-26-45)46-27-11-4-12-28-46)42-60(52)62(59(51)41-47)57-35-19-17-33-55(57)61(56-34-18-20-36-58(56)62)53-31-15-13-29-49(53)50-30-14-16-32-54(50)61/h1-42H. The van der Waals surface area contributed by atoms with Gasteiger partial charge in [-0.05, 0) is 140 Å². The van der Waals surface area contributed by atoms with Crippen molar-refractivity contribution in [2.75, 3.05) is 9.80 Å². The van der Waals surface area contributed by atoms with Gasteiger partial charge in [0.2, 0.25) is 0 Å². The highest BCUT2D eigenvalue weighted by atomic mass is 15.1. The van der Waals surface area contributed by atoms with Gasteiger partial charge < -0.3 is 9.80 Å². The van der Waals surface area contributed by atoms with E-state index in [0.29, 0.717) is 0 Å². The summed E-state index contributed by atoms with van der Waals surface area (Å²) in [6.07, 6.45) is 0. The van der Waals surface area contributed by atoms with Crippen LogP contribution >= 0.6 is 0 Å². The van der Waals surface area contributed by atoms with E-state index >= 15 is 0 Å². The van der Waals surface area contributed by atoms with Crippen LogP contribution in [-0.4, -0.2) is 0 Å². The van der Waals surface area contributed by atoms with E-state index in [9.17, 15) is 0 Å². The third kappa shape index (κ3) is 4.97. The Labute approximate surface area is 374 Å². The second-order valence-electron chi connectivity index (χ2n) is 17.2. The topological polar surface area (TPSA) is 6.48 Å². The molecule has 10 aromatic carbocycles. The number of hydrogen-bond acceptors (Lipinski definition) is 2. The number of benzene rings is 10. The van der Waals surface area contributed by atoms with Crippen LogP contribution in [0.3, 0.4) is 0 Å². The monoisotopic (exact) mass is 814 g/mol. The first-order valence-electron chi connectivity index (χ1n) is 22.3. The third-order valence-electron chi connectivity index (χ3n) is 14.1. The van der Waals surface area contributed by atoms with Crippen molar-refractivity contribution in [1.82, 2.24) is 0 Å². The molecule has 13 rings (SSSR count). The largest absolute Gasteiger partial charge is 0.310 e. The van der Waals surface area contributed by atoms with Crippen LogP contribution in [-0.2, 0) is 10.8 Å². The van der Waals surface area contributed by atoms with Gasteiger partial charge in [-0.25, -0.2) is 0 Å². The van der Waals surface area contributed by atoms with Crippen LogP contribution in [0.25, 0.3) is 22.3 Å². The fourth-order valence-electron chi connectivity index (χ4n) is 11.7. The van der Waals surface area contributed by atoms with Gasteiger partial charge in [0.15, 0.2) is 0 Å². The van der Waals surface area contributed by atoms with E-state index in [1.165, 1.54) is 66.8 Å². The number of anilines is 6. The number of rotatable bonds is 6. The van der Waals surface area contributed by atoms with E-state index < -0.39 is 10.8 Å². The van der Waals surface area contributed by atoms with E-state index in [1.807, 2.05) is 0 Å². The van der Waals surface area contributed by atoms with Gasteiger partial charge >= 0.3 is 0 Å². The highest BCUT2D eigenvalue weighted by Crippen LogP contribution is 2.68. The van der Waals surface area contributed by atoms with Crippen molar-refractivity contribution < 1.29 is 0 Å². The predicted octanol–water partition coefficient (Wildman–Crippen LogP) is 15.7. The molecule has 0 amide bonds. The lowest BCUT2D eigenvalue weighted by Crippen LogP contribution is -2.43. The zero-order valence-electron chi connectivity index (χ0n) is 35.1. The Morgan fingerprint density at radius 3 is 0.766 bits per heavy atom. The van der Waals surface area contributed by atoms with Gasteiger partial charge in [0.25, 0.3) is 0 Å². The molecule has 3 aliphatic rings. The summed E-state index contributed by atoms with van der Waals surface area (Å²) in [5.41, 5.74) is 21.1. The summed E-state index contributed by atoms with van der Waals surface area (Å²) in [4.78, 5) is 4.81. The smallest absolute Gasteiger partial charge is 0.0721 e. The van der Waals surface area contributed by atoms with E-state index in [0.717, 1.165) is 34.1 Å². The van der Waals surface area contributed by atoms with Crippen molar-refractivity contribution in [3.8, 4) is 22.3 Å². The van der Waals surface area contributed by atoms with Crippen molar-refractivity contribution in [3.05, 3.63) is 299 Å². The van der Waals surface area contributed by atoms with Crippen molar-refractivity contribution in [1.29, 1.82) is 0 Å². The minimum absolute atomic E-state index is 0.524. The Bertz CT molecular complexity index is 3090. The minimum Gasteiger partial charge on any atom is -0.310 e. The Hall–Kier alpha value is -8.20. The van der Waals surface area contributed by atoms with Crippen molar-refractivity contribution in [2.24, 2.45) is 0 Å². The minimum atomic E-state index is -0.681. The average Bonchev–Trinajstić information content (AvgIpc) is 3.82. The number of fused-ring (bicyclic) bond motifs is 16. The maximum atomic E-state index is 2.50. The van der Waals surface area contributed by atoms with Crippen LogP contribution < -0.4 is 9.80 Å². The zero-order chi connectivity index (χ0) is 42.2. The molecule has 0 saturated carbocycles. The lowest BCUT2D eigenvalue weighted by atomic mass is 9.52. The molecule has 300 valence electrons. The molecule has 0 heterocycles. The van der Waals surface area contributed by atoms with Gasteiger partial charge in [0, 0.05) is 34.1 Å². The highest BCUT2D eigenvalue weighted by molar-refractivity contribution is 5.96. The van der Waals surface area contributed by atoms with Gasteiger partial charge in [-0.2, -0.15) is 0 Å². The number of para-hydroxylation sites is 4. The summed E-state index contributed by atoms with van der Waals surface area (Å²) in [5, 5.41) is 0. The molecule has 64 heavy (non-hydrogen) atoms. The molecule has 0 N–H and O–H groups in total. The Kier molecular flexibility index (Phi) is 8.07. The Balaban J connectivity index is 1.16. The number of nitrogens with zero attached hydrogens (tertiary/aromatic N) is 2. The molecule has 10 aromatic rings. The second-order valence-corrected chi connectivity index (χ2v) is 17.2. The zero-order valence-corrected chi connectivity index (χ0v) is 35.1.